The largest absolute Gasteiger partial charge is 0.255 e. The topological polar surface area (TPSA) is 25.8 Å². The Morgan fingerprint density at radius 2 is 2.21 bits per heavy atom. The van der Waals surface area contributed by atoms with Gasteiger partial charge in [0.05, 0.1) is 21.3 Å². The van der Waals surface area contributed by atoms with Crippen LogP contribution in [0, 0.1) is 6.92 Å². The molecule has 2 aromatic rings. The molecular weight excluding hydrogens is 216 g/mol. The Balaban J connectivity index is 2.71. The van der Waals surface area contributed by atoms with Crippen LogP contribution in [0.1, 0.15) is 23.3 Å². The first-order chi connectivity index (χ1) is 6.74. The molecule has 0 spiro atoms. The second-order valence-corrected chi connectivity index (χ2v) is 4.53. The summed E-state index contributed by atoms with van der Waals surface area (Å²) in [5.74, 6) is 0.436. The Bertz CT molecular complexity index is 464. The predicted octanol–water partition coefficient (Wildman–Crippen LogP) is 3.30. The zero-order valence-corrected chi connectivity index (χ0v) is 9.74. The zero-order valence-electron chi connectivity index (χ0n) is 8.17. The summed E-state index contributed by atoms with van der Waals surface area (Å²) in [7, 11) is 0. The van der Waals surface area contributed by atoms with Gasteiger partial charge in [-0.3, -0.25) is 4.98 Å². The monoisotopic (exact) mass is 226 g/mol. The van der Waals surface area contributed by atoms with Gasteiger partial charge in [0, 0.05) is 5.69 Å². The molecule has 0 bridgehead atoms. The number of halogens is 1. The quantitative estimate of drug-likeness (QED) is 0.735. The second-order valence-electron chi connectivity index (χ2n) is 3.15. The smallest absolute Gasteiger partial charge is 0.104 e. The molecule has 0 aromatic carbocycles. The molecule has 0 aliphatic carbocycles. The van der Waals surface area contributed by atoms with Crippen LogP contribution in [0.15, 0.2) is 6.07 Å². The maximum Gasteiger partial charge on any atom is 0.104 e. The minimum Gasteiger partial charge on any atom is -0.255 e. The lowest BCUT2D eigenvalue weighted by Gasteiger charge is -1.97. The summed E-state index contributed by atoms with van der Waals surface area (Å²) in [6, 6.07) is 2.07. The highest BCUT2D eigenvalue weighted by Crippen LogP contribution is 2.25. The van der Waals surface area contributed by atoms with Crippen LogP contribution in [0.25, 0.3) is 10.2 Å². The van der Waals surface area contributed by atoms with Crippen LogP contribution in [0.2, 0.25) is 0 Å². The van der Waals surface area contributed by atoms with Gasteiger partial charge in [0.15, 0.2) is 0 Å². The summed E-state index contributed by atoms with van der Waals surface area (Å²) in [4.78, 5) is 8.89. The van der Waals surface area contributed by atoms with Crippen molar-refractivity contribution in [3.8, 4) is 0 Å². The van der Waals surface area contributed by atoms with Gasteiger partial charge in [0.25, 0.3) is 0 Å². The average Bonchev–Trinajstić information content (AvgIpc) is 2.59. The lowest BCUT2D eigenvalue weighted by atomic mass is 10.3. The molecule has 0 atom stereocenters. The molecule has 0 saturated heterocycles. The van der Waals surface area contributed by atoms with E-state index in [0.717, 1.165) is 28.3 Å². The number of aromatic nitrogens is 2. The van der Waals surface area contributed by atoms with E-state index in [4.69, 9.17) is 11.6 Å². The van der Waals surface area contributed by atoms with Gasteiger partial charge in [-0.15, -0.1) is 22.9 Å². The third kappa shape index (κ3) is 1.62. The molecule has 0 unspecified atom stereocenters. The van der Waals surface area contributed by atoms with Gasteiger partial charge in [0.2, 0.25) is 0 Å². The average molecular weight is 227 g/mol. The highest BCUT2D eigenvalue weighted by molar-refractivity contribution is 7.18. The van der Waals surface area contributed by atoms with Gasteiger partial charge in [-0.2, -0.15) is 0 Å². The molecular formula is C10H11ClN2S. The summed E-state index contributed by atoms with van der Waals surface area (Å²) in [5.41, 5.74) is 2.89. The summed E-state index contributed by atoms with van der Waals surface area (Å²) in [6.07, 6.45) is 0.972. The molecule has 2 nitrogen and oxygen atoms in total. The molecule has 74 valence electrons. The summed E-state index contributed by atoms with van der Waals surface area (Å²) in [5, 5.41) is 1.15. The molecule has 4 heteroatoms. The van der Waals surface area contributed by atoms with E-state index in [-0.39, 0.29) is 0 Å². The predicted molar refractivity (Wildman–Crippen MR) is 61.1 cm³/mol. The van der Waals surface area contributed by atoms with Crippen molar-refractivity contribution in [1.82, 2.24) is 9.97 Å². The van der Waals surface area contributed by atoms with Gasteiger partial charge in [-0.1, -0.05) is 6.92 Å². The van der Waals surface area contributed by atoms with Crippen molar-refractivity contribution >= 4 is 33.2 Å². The van der Waals surface area contributed by atoms with Crippen molar-refractivity contribution in [2.24, 2.45) is 0 Å². The van der Waals surface area contributed by atoms with E-state index >= 15 is 0 Å². The zero-order chi connectivity index (χ0) is 10.1. The third-order valence-electron chi connectivity index (χ3n) is 2.05. The van der Waals surface area contributed by atoms with Crippen LogP contribution in [-0.4, -0.2) is 9.97 Å². The maximum atomic E-state index is 5.83. The van der Waals surface area contributed by atoms with E-state index in [9.17, 15) is 0 Å². The Kier molecular flexibility index (Phi) is 2.70. The maximum absolute atomic E-state index is 5.83. The Morgan fingerprint density at radius 1 is 1.43 bits per heavy atom. The highest BCUT2D eigenvalue weighted by atomic mass is 35.5. The third-order valence-corrected chi connectivity index (χ3v) is 3.45. The lowest BCUT2D eigenvalue weighted by Crippen LogP contribution is -1.90. The highest BCUT2D eigenvalue weighted by Gasteiger charge is 2.08. The van der Waals surface area contributed by atoms with Gasteiger partial charge in [-0.25, -0.2) is 4.98 Å². The number of pyridine rings is 1. The Morgan fingerprint density at radius 3 is 2.86 bits per heavy atom. The fourth-order valence-corrected chi connectivity index (χ4v) is 2.63. The van der Waals surface area contributed by atoms with E-state index in [2.05, 4.69) is 23.0 Å². The summed E-state index contributed by atoms with van der Waals surface area (Å²) >= 11 is 7.56. The number of thiazole rings is 1. The van der Waals surface area contributed by atoms with E-state index in [1.807, 2.05) is 6.92 Å². The van der Waals surface area contributed by atoms with E-state index < -0.39 is 0 Å². The lowest BCUT2D eigenvalue weighted by molar-refractivity contribution is 1.08. The number of hydrogen-bond acceptors (Lipinski definition) is 3. The first-order valence-electron chi connectivity index (χ1n) is 4.56. The fraction of sp³-hybridized carbons (Fsp3) is 0.400. The van der Waals surface area contributed by atoms with Crippen molar-refractivity contribution in [1.29, 1.82) is 0 Å². The van der Waals surface area contributed by atoms with Gasteiger partial charge < -0.3 is 0 Å². The molecule has 0 fully saturated rings. The first kappa shape index (κ1) is 9.87. The van der Waals surface area contributed by atoms with E-state index in [1.54, 1.807) is 11.3 Å². The minimum absolute atomic E-state index is 0.436. The molecule has 2 heterocycles. The summed E-state index contributed by atoms with van der Waals surface area (Å²) < 4.78 is 1.20. The van der Waals surface area contributed by atoms with Crippen LogP contribution >= 0.6 is 22.9 Å². The van der Waals surface area contributed by atoms with Gasteiger partial charge in [0.1, 0.15) is 5.52 Å². The van der Waals surface area contributed by atoms with Crippen molar-refractivity contribution in [2.75, 3.05) is 0 Å². The van der Waals surface area contributed by atoms with Crippen molar-refractivity contribution in [2.45, 2.75) is 26.1 Å². The molecule has 2 rings (SSSR count). The summed E-state index contributed by atoms with van der Waals surface area (Å²) in [6.45, 7) is 4.10. The van der Waals surface area contributed by atoms with Crippen LogP contribution in [0.5, 0.6) is 0 Å². The first-order valence-corrected chi connectivity index (χ1v) is 5.91. The number of rotatable bonds is 2. The van der Waals surface area contributed by atoms with E-state index in [0.29, 0.717) is 5.88 Å². The van der Waals surface area contributed by atoms with Crippen molar-refractivity contribution < 1.29 is 0 Å². The molecule has 0 aliphatic rings. The van der Waals surface area contributed by atoms with Crippen LogP contribution in [0.4, 0.5) is 0 Å². The normalized spacial score (nSPS) is 11.1. The fourth-order valence-electron chi connectivity index (χ4n) is 1.41. The van der Waals surface area contributed by atoms with Crippen molar-refractivity contribution in [3.05, 3.63) is 22.5 Å². The molecule has 14 heavy (non-hydrogen) atoms. The van der Waals surface area contributed by atoms with Crippen molar-refractivity contribution in [3.63, 3.8) is 0 Å². The molecule has 2 aromatic heterocycles. The molecule has 0 aliphatic heterocycles. The Labute approximate surface area is 92.0 Å². The standard InChI is InChI=1S/C10H11ClN2S/c1-3-9-13-10-7(5-11)12-6(2)4-8(10)14-9/h4H,3,5H2,1-2H3. The van der Waals surface area contributed by atoms with Crippen LogP contribution in [-0.2, 0) is 12.3 Å². The SMILES string of the molecule is CCc1nc2c(CCl)nc(C)cc2s1. The van der Waals surface area contributed by atoms with Gasteiger partial charge in [-0.05, 0) is 19.4 Å². The number of alkyl halides is 1. The molecule has 0 N–H and O–H groups in total. The van der Waals surface area contributed by atoms with Crippen LogP contribution in [0.3, 0.4) is 0 Å². The second kappa shape index (κ2) is 3.83. The number of hydrogen-bond donors (Lipinski definition) is 0. The Hall–Kier alpha value is -0.670. The van der Waals surface area contributed by atoms with Crippen LogP contribution < -0.4 is 0 Å². The van der Waals surface area contributed by atoms with E-state index in [1.165, 1.54) is 4.70 Å². The number of aryl methyl sites for hydroxylation is 2. The number of fused-ring (bicyclic) bond motifs is 1. The number of nitrogens with zero attached hydrogens (tertiary/aromatic N) is 2. The molecule has 0 saturated carbocycles. The molecule has 0 amide bonds. The van der Waals surface area contributed by atoms with Gasteiger partial charge >= 0.3 is 0 Å². The molecule has 0 radical (unpaired) electrons. The minimum atomic E-state index is 0.436.